The van der Waals surface area contributed by atoms with Crippen molar-refractivity contribution in [1.29, 1.82) is 0 Å². The highest BCUT2D eigenvalue weighted by atomic mass is 16.3. The maximum absolute atomic E-state index is 13.7. The number of carbonyl (C=O) groups is 5. The Morgan fingerprint density at radius 2 is 1.75 bits per heavy atom. The predicted octanol–water partition coefficient (Wildman–Crippen LogP) is -0.773. The van der Waals surface area contributed by atoms with Crippen LogP contribution in [0, 0.1) is 23.7 Å². The highest BCUT2D eigenvalue weighted by Crippen LogP contribution is 2.50. The molecule has 3 aliphatic rings. The molecule has 0 aromatic heterocycles. The number of benzene rings is 1. The Hall–Kier alpha value is -2.91. The smallest absolute Gasteiger partial charge is 0.235 e. The number of carbonyl (C=O) groups excluding carboxylic acids is 5. The van der Waals surface area contributed by atoms with Crippen molar-refractivity contribution in [3.63, 3.8) is 0 Å². The van der Waals surface area contributed by atoms with E-state index in [1.54, 1.807) is 39.2 Å². The molecule has 4 rings (SSSR count). The van der Waals surface area contributed by atoms with E-state index in [9.17, 15) is 29.1 Å². The fraction of sp³-hybridized carbons (Fsp3) is 0.522. The second kappa shape index (κ2) is 7.31. The molecule has 1 amide bonds. The summed E-state index contributed by atoms with van der Waals surface area (Å²) in [7, 11) is 6.74. The van der Waals surface area contributed by atoms with Gasteiger partial charge in [0.05, 0.1) is 12.0 Å². The molecule has 0 saturated heterocycles. The van der Waals surface area contributed by atoms with E-state index < -0.39 is 64.4 Å². The largest absolute Gasteiger partial charge is 0.377 e. The third-order valence-electron chi connectivity index (χ3n) is 7.28. The monoisotopic (exact) mass is 441 g/mol. The molecule has 9 nitrogen and oxygen atoms in total. The molecule has 6 atom stereocenters. The summed E-state index contributed by atoms with van der Waals surface area (Å²) in [6, 6.07) is 4.41. The third kappa shape index (κ3) is 2.80. The van der Waals surface area contributed by atoms with Crippen LogP contribution >= 0.6 is 0 Å². The van der Waals surface area contributed by atoms with Crippen molar-refractivity contribution in [1.82, 2.24) is 4.90 Å². The van der Waals surface area contributed by atoms with Gasteiger partial charge in [-0.05, 0) is 44.5 Å². The SMILES string of the molecule is CN(C)c1cccc2c1C(=O)C1C(=O)[C@]3(O)C(=O)C(C(N)=O)C(=O)[C@@H](N(C)C)C3CC1C2. The van der Waals surface area contributed by atoms with Crippen LogP contribution in [-0.2, 0) is 25.6 Å². The number of anilines is 1. The summed E-state index contributed by atoms with van der Waals surface area (Å²) in [6.07, 6.45) is 0.531. The van der Waals surface area contributed by atoms with Crippen LogP contribution < -0.4 is 10.6 Å². The van der Waals surface area contributed by atoms with Gasteiger partial charge in [-0.2, -0.15) is 0 Å². The predicted molar refractivity (Wildman–Crippen MR) is 114 cm³/mol. The minimum Gasteiger partial charge on any atom is -0.377 e. The molecule has 170 valence electrons. The van der Waals surface area contributed by atoms with Crippen LogP contribution in [-0.4, -0.2) is 78.9 Å². The number of ketones is 4. The summed E-state index contributed by atoms with van der Waals surface area (Å²) in [6.45, 7) is 0. The van der Waals surface area contributed by atoms with Crippen molar-refractivity contribution in [2.24, 2.45) is 29.4 Å². The lowest BCUT2D eigenvalue weighted by Gasteiger charge is -2.52. The average Bonchev–Trinajstić information content (AvgIpc) is 2.69. The van der Waals surface area contributed by atoms with Gasteiger partial charge < -0.3 is 15.7 Å². The molecule has 3 aliphatic carbocycles. The van der Waals surface area contributed by atoms with E-state index in [1.807, 2.05) is 12.1 Å². The number of hydrogen-bond acceptors (Lipinski definition) is 8. The molecule has 9 heteroatoms. The van der Waals surface area contributed by atoms with Crippen LogP contribution in [0.5, 0.6) is 0 Å². The highest BCUT2D eigenvalue weighted by Gasteiger charge is 2.69. The summed E-state index contributed by atoms with van der Waals surface area (Å²) in [4.78, 5) is 68.7. The van der Waals surface area contributed by atoms with Crippen molar-refractivity contribution < 1.29 is 29.1 Å². The maximum atomic E-state index is 13.7. The van der Waals surface area contributed by atoms with Gasteiger partial charge in [0.25, 0.3) is 0 Å². The van der Waals surface area contributed by atoms with E-state index in [0.29, 0.717) is 17.7 Å². The fourth-order valence-electron chi connectivity index (χ4n) is 5.92. The Bertz CT molecular complexity index is 1060. The minimum atomic E-state index is -2.62. The first-order valence-corrected chi connectivity index (χ1v) is 10.6. The van der Waals surface area contributed by atoms with Gasteiger partial charge in [0.15, 0.2) is 34.7 Å². The van der Waals surface area contributed by atoms with Gasteiger partial charge in [0, 0.05) is 31.3 Å². The summed E-state index contributed by atoms with van der Waals surface area (Å²) < 4.78 is 0. The van der Waals surface area contributed by atoms with E-state index in [0.717, 1.165) is 5.56 Å². The Labute approximate surface area is 185 Å². The van der Waals surface area contributed by atoms with Crippen LogP contribution in [0.3, 0.4) is 0 Å². The van der Waals surface area contributed by atoms with Gasteiger partial charge in [0.1, 0.15) is 0 Å². The van der Waals surface area contributed by atoms with E-state index in [1.165, 1.54) is 4.90 Å². The second-order valence-corrected chi connectivity index (χ2v) is 9.50. The lowest BCUT2D eigenvalue weighted by molar-refractivity contribution is -0.181. The third-order valence-corrected chi connectivity index (χ3v) is 7.28. The van der Waals surface area contributed by atoms with Crippen LogP contribution in [0.1, 0.15) is 22.3 Å². The van der Waals surface area contributed by atoms with Gasteiger partial charge >= 0.3 is 0 Å². The molecule has 0 heterocycles. The fourth-order valence-corrected chi connectivity index (χ4v) is 5.92. The number of hydrogen-bond donors (Lipinski definition) is 2. The number of fused-ring (bicyclic) bond motifs is 3. The topological polar surface area (TPSA) is 138 Å². The Morgan fingerprint density at radius 3 is 2.31 bits per heavy atom. The van der Waals surface area contributed by atoms with Crippen LogP contribution in [0.2, 0.25) is 0 Å². The van der Waals surface area contributed by atoms with Crippen molar-refractivity contribution in [2.75, 3.05) is 33.1 Å². The molecule has 1 aromatic carbocycles. The standard InChI is InChI=1S/C23H27N3O6/c1-25(2)13-7-5-6-10-8-11-9-12-17(26(3)4)19(28)16(22(24)31)21(30)23(12,32)20(29)15(11)18(27)14(10)13/h5-7,11-12,15-17,32H,8-9H2,1-4H3,(H2,24,31)/t11?,12?,15?,16?,17-,23-/m0/s1. The molecule has 32 heavy (non-hydrogen) atoms. The number of rotatable bonds is 3. The first-order valence-electron chi connectivity index (χ1n) is 10.6. The van der Waals surface area contributed by atoms with Gasteiger partial charge in [-0.3, -0.25) is 28.9 Å². The van der Waals surface area contributed by atoms with Gasteiger partial charge in [-0.1, -0.05) is 12.1 Å². The Kier molecular flexibility index (Phi) is 5.09. The Morgan fingerprint density at radius 1 is 1.09 bits per heavy atom. The second-order valence-electron chi connectivity index (χ2n) is 9.50. The van der Waals surface area contributed by atoms with Crippen LogP contribution in [0.25, 0.3) is 0 Å². The number of amides is 1. The zero-order valence-electron chi connectivity index (χ0n) is 18.5. The van der Waals surface area contributed by atoms with Gasteiger partial charge in [0.2, 0.25) is 5.91 Å². The number of likely N-dealkylation sites (N-methyl/N-ethyl adjacent to an activating group) is 1. The van der Waals surface area contributed by atoms with E-state index in [-0.39, 0.29) is 6.42 Å². The molecule has 0 spiro atoms. The zero-order valence-corrected chi connectivity index (χ0v) is 18.5. The number of Topliss-reactive ketones (excluding diaryl/α,β-unsaturated/α-hetero) is 4. The van der Waals surface area contributed by atoms with Crippen molar-refractivity contribution in [3.05, 3.63) is 29.3 Å². The van der Waals surface area contributed by atoms with Crippen LogP contribution in [0.4, 0.5) is 5.69 Å². The number of nitrogens with zero attached hydrogens (tertiary/aromatic N) is 2. The van der Waals surface area contributed by atoms with E-state index in [4.69, 9.17) is 5.73 Å². The number of aliphatic hydroxyl groups is 1. The summed E-state index contributed by atoms with van der Waals surface area (Å²) >= 11 is 0. The van der Waals surface area contributed by atoms with Crippen molar-refractivity contribution >= 4 is 34.7 Å². The molecule has 0 bridgehead atoms. The molecule has 3 N–H and O–H groups in total. The number of nitrogens with two attached hydrogens (primary N) is 1. The lowest BCUT2D eigenvalue weighted by atomic mass is 9.52. The maximum Gasteiger partial charge on any atom is 0.235 e. The first-order chi connectivity index (χ1) is 14.9. The molecule has 0 aliphatic heterocycles. The molecule has 1 aromatic rings. The highest BCUT2D eigenvalue weighted by molar-refractivity contribution is 6.32. The van der Waals surface area contributed by atoms with E-state index >= 15 is 0 Å². The molecule has 2 saturated carbocycles. The minimum absolute atomic E-state index is 0.121. The molecular weight excluding hydrogens is 414 g/mol. The van der Waals surface area contributed by atoms with Crippen molar-refractivity contribution in [2.45, 2.75) is 24.5 Å². The average molecular weight is 441 g/mol. The quantitative estimate of drug-likeness (QED) is 0.583. The first kappa shape index (κ1) is 22.3. The lowest BCUT2D eigenvalue weighted by Crippen LogP contribution is -2.74. The van der Waals surface area contributed by atoms with Gasteiger partial charge in [-0.25, -0.2) is 0 Å². The number of primary amides is 1. The zero-order chi connectivity index (χ0) is 23.7. The van der Waals surface area contributed by atoms with Crippen molar-refractivity contribution in [3.8, 4) is 0 Å². The summed E-state index contributed by atoms with van der Waals surface area (Å²) in [5, 5.41) is 11.5. The molecule has 4 unspecified atom stereocenters. The summed E-state index contributed by atoms with van der Waals surface area (Å²) in [5.74, 6) is -9.18. The van der Waals surface area contributed by atoms with Gasteiger partial charge in [-0.15, -0.1) is 0 Å². The summed E-state index contributed by atoms with van der Waals surface area (Å²) in [5.41, 5.74) is 4.55. The van der Waals surface area contributed by atoms with E-state index in [2.05, 4.69) is 0 Å². The molecule has 0 radical (unpaired) electrons. The van der Waals surface area contributed by atoms with Crippen LogP contribution in [0.15, 0.2) is 18.2 Å². The Balaban J connectivity index is 1.87. The normalized spacial score (nSPS) is 34.1. The molecular formula is C23H27N3O6. The molecule has 2 fully saturated rings.